The predicted molar refractivity (Wildman–Crippen MR) is 75.6 cm³/mol. The van der Waals surface area contributed by atoms with Crippen LogP contribution in [0.2, 0.25) is 0 Å². The standard InChI is InChI=1S/C14H16N2O2S/c1-8-4-5-13(17)11(6-8)14(18)15-9(2)12-7-19-10(3)16-12/h4-7,9,17H,1-3H3,(H,15,18)/t9-/m0/s1. The topological polar surface area (TPSA) is 62.2 Å². The Kier molecular flexibility index (Phi) is 3.85. The molecule has 0 unspecified atom stereocenters. The highest BCUT2D eigenvalue weighted by Gasteiger charge is 2.16. The number of hydrogen-bond donors (Lipinski definition) is 2. The van der Waals surface area contributed by atoms with E-state index in [-0.39, 0.29) is 17.7 Å². The average Bonchev–Trinajstić information content (AvgIpc) is 2.79. The molecule has 100 valence electrons. The summed E-state index contributed by atoms with van der Waals surface area (Å²) in [5, 5.41) is 15.5. The van der Waals surface area contributed by atoms with Gasteiger partial charge < -0.3 is 10.4 Å². The van der Waals surface area contributed by atoms with Crippen LogP contribution in [0.3, 0.4) is 0 Å². The van der Waals surface area contributed by atoms with Gasteiger partial charge in [0.05, 0.1) is 22.3 Å². The Bertz CT molecular complexity index is 607. The van der Waals surface area contributed by atoms with E-state index in [0.717, 1.165) is 16.3 Å². The van der Waals surface area contributed by atoms with Crippen molar-refractivity contribution in [2.45, 2.75) is 26.8 Å². The lowest BCUT2D eigenvalue weighted by atomic mass is 10.1. The minimum Gasteiger partial charge on any atom is -0.507 e. The van der Waals surface area contributed by atoms with Crippen molar-refractivity contribution in [3.05, 3.63) is 45.4 Å². The third kappa shape index (κ3) is 3.12. The maximum Gasteiger partial charge on any atom is 0.255 e. The molecule has 0 bridgehead atoms. The Labute approximate surface area is 116 Å². The average molecular weight is 276 g/mol. The molecule has 0 aliphatic heterocycles. The zero-order valence-corrected chi connectivity index (χ0v) is 11.9. The molecular formula is C14H16N2O2S. The molecule has 0 radical (unpaired) electrons. The van der Waals surface area contributed by atoms with Gasteiger partial charge in [-0.2, -0.15) is 0 Å². The maximum atomic E-state index is 12.1. The fourth-order valence-corrected chi connectivity index (χ4v) is 2.47. The second kappa shape index (κ2) is 5.40. The largest absolute Gasteiger partial charge is 0.507 e. The maximum absolute atomic E-state index is 12.1. The van der Waals surface area contributed by atoms with Gasteiger partial charge in [0.15, 0.2) is 0 Å². The lowest BCUT2D eigenvalue weighted by Crippen LogP contribution is -2.27. The second-order valence-corrected chi connectivity index (χ2v) is 5.57. The van der Waals surface area contributed by atoms with Crippen LogP contribution in [0.1, 0.15) is 39.6 Å². The minimum atomic E-state index is -0.292. The molecule has 1 atom stereocenters. The van der Waals surface area contributed by atoms with Crippen LogP contribution >= 0.6 is 11.3 Å². The number of hydrogen-bond acceptors (Lipinski definition) is 4. The van der Waals surface area contributed by atoms with Gasteiger partial charge in [-0.05, 0) is 32.9 Å². The molecule has 19 heavy (non-hydrogen) atoms. The van der Waals surface area contributed by atoms with Crippen LogP contribution in [-0.2, 0) is 0 Å². The normalized spacial score (nSPS) is 12.2. The fraction of sp³-hybridized carbons (Fsp3) is 0.286. The van der Waals surface area contributed by atoms with E-state index in [1.54, 1.807) is 23.5 Å². The first-order valence-electron chi connectivity index (χ1n) is 6.00. The van der Waals surface area contributed by atoms with E-state index in [4.69, 9.17) is 0 Å². The highest BCUT2D eigenvalue weighted by atomic mass is 32.1. The van der Waals surface area contributed by atoms with Crippen molar-refractivity contribution >= 4 is 17.2 Å². The number of aromatic hydroxyl groups is 1. The zero-order chi connectivity index (χ0) is 14.0. The van der Waals surface area contributed by atoms with Crippen molar-refractivity contribution in [1.82, 2.24) is 10.3 Å². The Morgan fingerprint density at radius 1 is 1.42 bits per heavy atom. The summed E-state index contributed by atoms with van der Waals surface area (Å²) in [6.07, 6.45) is 0. The van der Waals surface area contributed by atoms with Gasteiger partial charge in [0, 0.05) is 5.38 Å². The third-order valence-electron chi connectivity index (χ3n) is 2.82. The lowest BCUT2D eigenvalue weighted by molar-refractivity contribution is 0.0936. The summed E-state index contributed by atoms with van der Waals surface area (Å²) in [5.41, 5.74) is 2.06. The molecule has 0 fully saturated rings. The SMILES string of the molecule is Cc1ccc(O)c(C(=O)N[C@@H](C)c2csc(C)n2)c1. The Morgan fingerprint density at radius 2 is 2.16 bits per heavy atom. The first kappa shape index (κ1) is 13.5. The molecule has 1 amide bonds. The van der Waals surface area contributed by atoms with Crippen LogP contribution in [0.25, 0.3) is 0 Å². The van der Waals surface area contributed by atoms with E-state index in [1.165, 1.54) is 6.07 Å². The van der Waals surface area contributed by atoms with E-state index in [2.05, 4.69) is 10.3 Å². The summed E-state index contributed by atoms with van der Waals surface area (Å²) in [4.78, 5) is 16.5. The number of benzene rings is 1. The van der Waals surface area contributed by atoms with Crippen LogP contribution < -0.4 is 5.32 Å². The third-order valence-corrected chi connectivity index (χ3v) is 3.62. The Balaban J connectivity index is 2.15. The van der Waals surface area contributed by atoms with Crippen LogP contribution in [0.4, 0.5) is 0 Å². The number of phenolic OH excluding ortho intramolecular Hbond substituents is 1. The minimum absolute atomic E-state index is 0.00948. The molecule has 1 heterocycles. The summed E-state index contributed by atoms with van der Waals surface area (Å²) in [5.74, 6) is -0.302. The Morgan fingerprint density at radius 3 is 2.79 bits per heavy atom. The number of amides is 1. The van der Waals surface area contributed by atoms with Crippen LogP contribution in [0, 0.1) is 13.8 Å². The van der Waals surface area contributed by atoms with E-state index in [1.807, 2.05) is 26.2 Å². The number of nitrogens with one attached hydrogen (secondary N) is 1. The summed E-state index contributed by atoms with van der Waals surface area (Å²) in [6, 6.07) is 4.78. The van der Waals surface area contributed by atoms with Crippen LogP contribution in [-0.4, -0.2) is 16.0 Å². The van der Waals surface area contributed by atoms with Gasteiger partial charge in [-0.1, -0.05) is 11.6 Å². The van der Waals surface area contributed by atoms with E-state index in [9.17, 15) is 9.90 Å². The first-order valence-corrected chi connectivity index (χ1v) is 6.88. The lowest BCUT2D eigenvalue weighted by Gasteiger charge is -2.12. The van der Waals surface area contributed by atoms with Gasteiger partial charge in [0.2, 0.25) is 0 Å². The van der Waals surface area contributed by atoms with Gasteiger partial charge in [-0.25, -0.2) is 4.98 Å². The fourth-order valence-electron chi connectivity index (χ4n) is 1.76. The Hall–Kier alpha value is -1.88. The summed E-state index contributed by atoms with van der Waals surface area (Å²) < 4.78 is 0. The molecule has 0 saturated carbocycles. The highest BCUT2D eigenvalue weighted by molar-refractivity contribution is 7.09. The van der Waals surface area contributed by atoms with Crippen molar-refractivity contribution in [2.24, 2.45) is 0 Å². The summed E-state index contributed by atoms with van der Waals surface area (Å²) in [7, 11) is 0. The number of phenols is 1. The molecule has 2 aromatic rings. The van der Waals surface area contributed by atoms with Crippen LogP contribution in [0.5, 0.6) is 5.75 Å². The van der Waals surface area contributed by atoms with Crippen molar-refractivity contribution in [1.29, 1.82) is 0 Å². The molecule has 1 aromatic heterocycles. The number of aromatic nitrogens is 1. The molecule has 0 saturated heterocycles. The number of rotatable bonds is 3. The molecule has 1 aromatic carbocycles. The molecule has 2 N–H and O–H groups in total. The van der Waals surface area contributed by atoms with E-state index >= 15 is 0 Å². The highest BCUT2D eigenvalue weighted by Crippen LogP contribution is 2.20. The predicted octanol–water partition coefficient (Wildman–Crippen LogP) is 2.96. The van der Waals surface area contributed by atoms with E-state index in [0.29, 0.717) is 5.56 Å². The number of thiazole rings is 1. The monoisotopic (exact) mass is 276 g/mol. The van der Waals surface area contributed by atoms with Crippen molar-refractivity contribution in [2.75, 3.05) is 0 Å². The molecular weight excluding hydrogens is 260 g/mol. The smallest absolute Gasteiger partial charge is 0.255 e. The molecule has 2 rings (SSSR count). The number of carbonyl (C=O) groups is 1. The van der Waals surface area contributed by atoms with E-state index < -0.39 is 0 Å². The second-order valence-electron chi connectivity index (χ2n) is 4.51. The van der Waals surface area contributed by atoms with Crippen molar-refractivity contribution in [3.8, 4) is 5.75 Å². The quantitative estimate of drug-likeness (QED) is 0.906. The van der Waals surface area contributed by atoms with Gasteiger partial charge in [-0.3, -0.25) is 4.79 Å². The zero-order valence-electron chi connectivity index (χ0n) is 11.1. The molecule has 0 aliphatic rings. The van der Waals surface area contributed by atoms with Gasteiger partial charge in [0.1, 0.15) is 5.75 Å². The van der Waals surface area contributed by atoms with Crippen molar-refractivity contribution in [3.63, 3.8) is 0 Å². The molecule has 5 heteroatoms. The molecule has 0 spiro atoms. The first-order chi connectivity index (χ1) is 8.97. The number of carbonyl (C=O) groups excluding carboxylic acids is 1. The van der Waals surface area contributed by atoms with Crippen LogP contribution in [0.15, 0.2) is 23.6 Å². The number of aryl methyl sites for hydroxylation is 2. The van der Waals surface area contributed by atoms with Gasteiger partial charge in [-0.15, -0.1) is 11.3 Å². The summed E-state index contributed by atoms with van der Waals surface area (Å²) >= 11 is 1.55. The molecule has 4 nitrogen and oxygen atoms in total. The van der Waals surface area contributed by atoms with Crippen molar-refractivity contribution < 1.29 is 9.90 Å². The number of nitrogens with zero attached hydrogens (tertiary/aromatic N) is 1. The molecule has 0 aliphatic carbocycles. The van der Waals surface area contributed by atoms with Gasteiger partial charge >= 0.3 is 0 Å². The van der Waals surface area contributed by atoms with Gasteiger partial charge in [0.25, 0.3) is 5.91 Å². The summed E-state index contributed by atoms with van der Waals surface area (Å²) in [6.45, 7) is 5.68.